The van der Waals surface area contributed by atoms with Crippen molar-refractivity contribution in [2.45, 2.75) is 26.1 Å². The molecule has 0 aromatic heterocycles. The van der Waals surface area contributed by atoms with Gasteiger partial charge in [0, 0.05) is 22.4 Å². The van der Waals surface area contributed by atoms with Gasteiger partial charge < -0.3 is 10.6 Å². The molecule has 1 unspecified atom stereocenters. The van der Waals surface area contributed by atoms with Crippen LogP contribution in [-0.4, -0.2) is 23.9 Å². The number of carbonyl (C=O) groups is 2. The van der Waals surface area contributed by atoms with Crippen molar-refractivity contribution in [1.82, 2.24) is 5.32 Å². The number of alkyl halides is 3. The van der Waals surface area contributed by atoms with Gasteiger partial charge >= 0.3 is 6.18 Å². The van der Waals surface area contributed by atoms with E-state index in [1.807, 2.05) is 0 Å². The molecular formula is C15H16BrF3N2O2. The summed E-state index contributed by atoms with van der Waals surface area (Å²) in [6.07, 6.45) is -3.71. The van der Waals surface area contributed by atoms with Crippen LogP contribution < -0.4 is 10.6 Å². The van der Waals surface area contributed by atoms with Crippen molar-refractivity contribution < 1.29 is 22.8 Å². The highest BCUT2D eigenvalue weighted by Crippen LogP contribution is 2.17. The Morgan fingerprint density at radius 2 is 1.74 bits per heavy atom. The van der Waals surface area contributed by atoms with Crippen LogP contribution in [0.15, 0.2) is 41.0 Å². The number of anilines is 1. The zero-order valence-electron chi connectivity index (χ0n) is 12.4. The lowest BCUT2D eigenvalue weighted by molar-refractivity contribution is -0.165. The third-order valence-electron chi connectivity index (χ3n) is 2.85. The molecule has 0 saturated heterocycles. The molecule has 4 nitrogen and oxygen atoms in total. The first-order valence-electron chi connectivity index (χ1n) is 6.71. The number of carbonyl (C=O) groups excluding carboxylic acids is 2. The highest BCUT2D eigenvalue weighted by atomic mass is 79.9. The molecular weight excluding hydrogens is 377 g/mol. The number of rotatable bonds is 6. The molecule has 0 saturated carbocycles. The Morgan fingerprint density at radius 3 is 2.22 bits per heavy atom. The van der Waals surface area contributed by atoms with E-state index < -0.39 is 23.9 Å². The summed E-state index contributed by atoms with van der Waals surface area (Å²) < 4.78 is 37.1. The zero-order valence-corrected chi connectivity index (χ0v) is 14.0. The van der Waals surface area contributed by atoms with Gasteiger partial charge in [0.25, 0.3) is 5.78 Å². The Kier molecular flexibility index (Phi) is 6.80. The van der Waals surface area contributed by atoms with E-state index in [0.29, 0.717) is 11.8 Å². The summed E-state index contributed by atoms with van der Waals surface area (Å²) in [5.41, 5.74) is 0.556. The van der Waals surface area contributed by atoms with Gasteiger partial charge in [-0.15, -0.1) is 0 Å². The number of hydrogen-bond acceptors (Lipinski definition) is 3. The summed E-state index contributed by atoms with van der Waals surface area (Å²) in [6, 6.07) is 6.08. The summed E-state index contributed by atoms with van der Waals surface area (Å²) in [7, 11) is 0. The number of ketones is 1. The number of nitrogens with one attached hydrogen (secondary N) is 2. The number of benzene rings is 1. The van der Waals surface area contributed by atoms with Crippen molar-refractivity contribution in [2.75, 3.05) is 5.32 Å². The van der Waals surface area contributed by atoms with E-state index in [1.165, 1.54) is 0 Å². The molecule has 2 N–H and O–H groups in total. The topological polar surface area (TPSA) is 58.2 Å². The second-order valence-electron chi connectivity index (χ2n) is 5.08. The summed E-state index contributed by atoms with van der Waals surface area (Å²) in [6.45, 7) is 3.47. The Labute approximate surface area is 140 Å². The van der Waals surface area contributed by atoms with Gasteiger partial charge in [-0.25, -0.2) is 0 Å². The van der Waals surface area contributed by atoms with E-state index in [9.17, 15) is 22.8 Å². The second-order valence-corrected chi connectivity index (χ2v) is 6.00. The molecule has 0 aliphatic carbocycles. The minimum atomic E-state index is -4.93. The fourth-order valence-corrected chi connectivity index (χ4v) is 1.91. The van der Waals surface area contributed by atoms with E-state index in [2.05, 4.69) is 26.6 Å². The highest BCUT2D eigenvalue weighted by Gasteiger charge is 2.36. The van der Waals surface area contributed by atoms with Crippen molar-refractivity contribution in [3.8, 4) is 0 Å². The normalized spacial score (nSPS) is 13.2. The molecule has 0 fully saturated rings. The fourth-order valence-electron chi connectivity index (χ4n) is 1.65. The molecule has 1 aromatic carbocycles. The molecule has 8 heteroatoms. The summed E-state index contributed by atoms with van der Waals surface area (Å²) >= 11 is 3.27. The number of hydrogen-bond donors (Lipinski definition) is 2. The molecule has 0 aliphatic rings. The predicted molar refractivity (Wildman–Crippen MR) is 84.7 cm³/mol. The number of allylic oxidation sites excluding steroid dienone is 1. The SMILES string of the molecule is CC(C)C(NC=CC(=O)C(F)(F)F)C(=O)Nc1ccc(Br)cc1. The molecule has 126 valence electrons. The molecule has 0 heterocycles. The zero-order chi connectivity index (χ0) is 17.6. The lowest BCUT2D eigenvalue weighted by Crippen LogP contribution is -2.42. The van der Waals surface area contributed by atoms with Crippen LogP contribution in [0.2, 0.25) is 0 Å². The van der Waals surface area contributed by atoms with Crippen molar-refractivity contribution in [1.29, 1.82) is 0 Å². The first-order valence-corrected chi connectivity index (χ1v) is 7.50. The number of halogens is 4. The lowest BCUT2D eigenvalue weighted by Gasteiger charge is -2.20. The maximum Gasteiger partial charge on any atom is 0.454 e. The molecule has 0 aliphatic heterocycles. The van der Waals surface area contributed by atoms with E-state index in [1.54, 1.807) is 38.1 Å². The third-order valence-corrected chi connectivity index (χ3v) is 3.38. The smallest absolute Gasteiger partial charge is 0.379 e. The first kappa shape index (κ1) is 19.2. The fraction of sp³-hybridized carbons (Fsp3) is 0.333. The van der Waals surface area contributed by atoms with Gasteiger partial charge in [0.15, 0.2) is 0 Å². The monoisotopic (exact) mass is 392 g/mol. The van der Waals surface area contributed by atoms with Gasteiger partial charge in [-0.2, -0.15) is 13.2 Å². The van der Waals surface area contributed by atoms with Crippen molar-refractivity contribution in [3.05, 3.63) is 41.0 Å². The average Bonchev–Trinajstić information content (AvgIpc) is 2.44. The second kappa shape index (κ2) is 8.14. The van der Waals surface area contributed by atoms with Gasteiger partial charge in [-0.05, 0) is 30.2 Å². The van der Waals surface area contributed by atoms with Crippen LogP contribution in [0.25, 0.3) is 0 Å². The Balaban J connectivity index is 2.70. The van der Waals surface area contributed by atoms with E-state index in [4.69, 9.17) is 0 Å². The van der Waals surface area contributed by atoms with Crippen LogP contribution >= 0.6 is 15.9 Å². The highest BCUT2D eigenvalue weighted by molar-refractivity contribution is 9.10. The molecule has 0 radical (unpaired) electrons. The van der Waals surface area contributed by atoms with Gasteiger partial charge in [-0.3, -0.25) is 9.59 Å². The first-order chi connectivity index (χ1) is 10.6. The van der Waals surface area contributed by atoms with Crippen LogP contribution in [0, 0.1) is 5.92 Å². The Morgan fingerprint density at radius 1 is 1.17 bits per heavy atom. The van der Waals surface area contributed by atoms with Gasteiger partial charge in [0.2, 0.25) is 5.91 Å². The van der Waals surface area contributed by atoms with Gasteiger partial charge in [0.05, 0.1) is 0 Å². The van der Waals surface area contributed by atoms with Crippen molar-refractivity contribution in [2.24, 2.45) is 5.92 Å². The molecule has 1 amide bonds. The summed E-state index contributed by atoms with van der Waals surface area (Å²) in [5, 5.41) is 5.19. The van der Waals surface area contributed by atoms with E-state index >= 15 is 0 Å². The van der Waals surface area contributed by atoms with Crippen LogP contribution in [0.4, 0.5) is 18.9 Å². The van der Waals surface area contributed by atoms with Crippen LogP contribution in [-0.2, 0) is 9.59 Å². The minimum absolute atomic E-state index is 0.198. The Hall–Kier alpha value is -1.83. The van der Waals surface area contributed by atoms with Gasteiger partial charge in [-0.1, -0.05) is 29.8 Å². The lowest BCUT2D eigenvalue weighted by atomic mass is 10.0. The van der Waals surface area contributed by atoms with Crippen LogP contribution in [0.3, 0.4) is 0 Å². The molecule has 1 aromatic rings. The van der Waals surface area contributed by atoms with E-state index in [0.717, 1.165) is 10.7 Å². The summed E-state index contributed by atoms with van der Waals surface area (Å²) in [5.74, 6) is -2.59. The van der Waals surface area contributed by atoms with Gasteiger partial charge in [0.1, 0.15) is 6.04 Å². The standard InChI is InChI=1S/C15H16BrF3N2O2/c1-9(2)13(20-8-7-12(22)15(17,18)19)14(23)21-11-5-3-10(16)4-6-11/h3-9,13,20H,1-2H3,(H,21,23). The average molecular weight is 393 g/mol. The van der Waals surface area contributed by atoms with Crippen LogP contribution in [0.5, 0.6) is 0 Å². The quantitative estimate of drug-likeness (QED) is 0.726. The summed E-state index contributed by atoms with van der Waals surface area (Å²) in [4.78, 5) is 22.9. The minimum Gasteiger partial charge on any atom is -0.379 e. The maximum absolute atomic E-state index is 12.2. The Bertz CT molecular complexity index is 583. The molecule has 1 rings (SSSR count). The molecule has 23 heavy (non-hydrogen) atoms. The molecule has 0 spiro atoms. The number of amides is 1. The molecule has 1 atom stereocenters. The third kappa shape index (κ3) is 6.43. The van der Waals surface area contributed by atoms with Crippen molar-refractivity contribution in [3.63, 3.8) is 0 Å². The van der Waals surface area contributed by atoms with Crippen LogP contribution in [0.1, 0.15) is 13.8 Å². The maximum atomic E-state index is 12.2. The van der Waals surface area contributed by atoms with Crippen molar-refractivity contribution >= 4 is 33.3 Å². The predicted octanol–water partition coefficient (Wildman–Crippen LogP) is 3.65. The molecule has 0 bridgehead atoms. The van der Waals surface area contributed by atoms with E-state index in [-0.39, 0.29) is 5.92 Å². The largest absolute Gasteiger partial charge is 0.454 e.